The van der Waals surface area contributed by atoms with E-state index in [0.717, 1.165) is 41.3 Å². The number of nitrogens with zero attached hydrogens (tertiary/aromatic N) is 4. The first kappa shape index (κ1) is 27.4. The Morgan fingerprint density at radius 1 is 1.05 bits per heavy atom. The number of carboxylic acid groups (broad SMARTS) is 1. The molecule has 1 unspecified atom stereocenters. The van der Waals surface area contributed by atoms with E-state index in [-0.39, 0.29) is 23.3 Å². The second kappa shape index (κ2) is 10.9. The van der Waals surface area contributed by atoms with E-state index >= 15 is 0 Å². The number of amides is 2. The van der Waals surface area contributed by atoms with E-state index in [9.17, 15) is 14.7 Å². The fourth-order valence-corrected chi connectivity index (χ4v) is 5.61. The third-order valence-corrected chi connectivity index (χ3v) is 8.22. The summed E-state index contributed by atoms with van der Waals surface area (Å²) in [6.07, 6.45) is 4.92. The SMILES string of the molecule is Cc1ccc2c(NC(=O)[C@H]3CC3(C)C)cccc2c1Oc1ncccc1-c1ccnc(NC2CCCN(C(=O)O)C2)n1. The van der Waals surface area contributed by atoms with Crippen molar-refractivity contribution in [2.75, 3.05) is 23.7 Å². The number of carbonyl (C=O) groups is 2. The summed E-state index contributed by atoms with van der Waals surface area (Å²) in [6.45, 7) is 7.11. The van der Waals surface area contributed by atoms with Crippen LogP contribution in [0.5, 0.6) is 11.6 Å². The molecule has 10 heteroatoms. The second-order valence-corrected chi connectivity index (χ2v) is 11.8. The van der Waals surface area contributed by atoms with Gasteiger partial charge in [-0.3, -0.25) is 4.79 Å². The van der Waals surface area contributed by atoms with E-state index in [1.54, 1.807) is 18.5 Å². The highest BCUT2D eigenvalue weighted by atomic mass is 16.5. The van der Waals surface area contributed by atoms with Crippen LogP contribution in [0.3, 0.4) is 0 Å². The molecule has 2 aliphatic rings. The van der Waals surface area contributed by atoms with E-state index in [1.165, 1.54) is 4.90 Å². The number of nitrogens with one attached hydrogen (secondary N) is 2. The second-order valence-electron chi connectivity index (χ2n) is 11.8. The Balaban J connectivity index is 1.28. The minimum Gasteiger partial charge on any atom is -0.465 e. The number of fused-ring (bicyclic) bond motifs is 1. The third kappa shape index (κ3) is 5.57. The van der Waals surface area contributed by atoms with Gasteiger partial charge in [-0.1, -0.05) is 38.1 Å². The van der Waals surface area contributed by atoms with Crippen molar-refractivity contribution in [2.45, 2.75) is 46.1 Å². The Hall–Kier alpha value is -4.73. The smallest absolute Gasteiger partial charge is 0.407 e. The highest BCUT2D eigenvalue weighted by molar-refractivity contribution is 6.05. The molecule has 3 heterocycles. The van der Waals surface area contributed by atoms with Gasteiger partial charge in [0, 0.05) is 53.9 Å². The number of carbonyl (C=O) groups excluding carboxylic acids is 1. The Labute approximate surface area is 244 Å². The number of anilines is 2. The van der Waals surface area contributed by atoms with Gasteiger partial charge in [-0.2, -0.15) is 0 Å². The topological polar surface area (TPSA) is 130 Å². The van der Waals surface area contributed by atoms with E-state index in [1.807, 2.05) is 49.4 Å². The summed E-state index contributed by atoms with van der Waals surface area (Å²) in [4.78, 5) is 39.4. The molecule has 2 aromatic carbocycles. The molecule has 6 rings (SSSR count). The Morgan fingerprint density at radius 3 is 2.67 bits per heavy atom. The van der Waals surface area contributed by atoms with Crippen LogP contribution in [-0.4, -0.2) is 56.1 Å². The molecule has 2 fully saturated rings. The van der Waals surface area contributed by atoms with Gasteiger partial charge in [0.2, 0.25) is 17.7 Å². The van der Waals surface area contributed by atoms with Gasteiger partial charge in [-0.15, -0.1) is 0 Å². The summed E-state index contributed by atoms with van der Waals surface area (Å²) in [6, 6.07) is 15.2. The zero-order chi connectivity index (χ0) is 29.4. The number of hydrogen-bond acceptors (Lipinski definition) is 7. The van der Waals surface area contributed by atoms with Crippen molar-refractivity contribution in [3.63, 3.8) is 0 Å². The number of aryl methyl sites for hydroxylation is 1. The van der Waals surface area contributed by atoms with E-state index in [4.69, 9.17) is 9.72 Å². The fourth-order valence-electron chi connectivity index (χ4n) is 5.61. The Bertz CT molecular complexity index is 1670. The molecule has 1 saturated heterocycles. The van der Waals surface area contributed by atoms with Crippen molar-refractivity contribution in [1.82, 2.24) is 19.9 Å². The largest absolute Gasteiger partial charge is 0.465 e. The molecule has 0 spiro atoms. The zero-order valence-corrected chi connectivity index (χ0v) is 23.9. The van der Waals surface area contributed by atoms with Crippen molar-refractivity contribution in [2.24, 2.45) is 11.3 Å². The quantitative estimate of drug-likeness (QED) is 0.237. The number of rotatable bonds is 7. The molecule has 2 atom stereocenters. The lowest BCUT2D eigenvalue weighted by molar-refractivity contribution is -0.117. The monoisotopic (exact) mass is 566 g/mol. The minimum absolute atomic E-state index is 0.0199. The van der Waals surface area contributed by atoms with Gasteiger partial charge in [0.1, 0.15) is 5.75 Å². The average Bonchev–Trinajstić information content (AvgIpc) is 3.63. The summed E-state index contributed by atoms with van der Waals surface area (Å²) in [5.74, 6) is 1.52. The van der Waals surface area contributed by atoms with Gasteiger partial charge in [0.15, 0.2) is 0 Å². The number of benzene rings is 2. The molecule has 1 aliphatic carbocycles. The minimum atomic E-state index is -0.918. The first-order valence-electron chi connectivity index (χ1n) is 14.2. The van der Waals surface area contributed by atoms with Gasteiger partial charge < -0.3 is 25.4 Å². The molecular formula is C32H34N6O4. The summed E-state index contributed by atoms with van der Waals surface area (Å²) in [5.41, 5.74) is 3.04. The van der Waals surface area contributed by atoms with E-state index in [2.05, 4.69) is 34.4 Å². The van der Waals surface area contributed by atoms with Crippen LogP contribution in [0.4, 0.5) is 16.4 Å². The maximum absolute atomic E-state index is 12.9. The predicted octanol–water partition coefficient (Wildman–Crippen LogP) is 6.33. The predicted molar refractivity (Wildman–Crippen MR) is 161 cm³/mol. The van der Waals surface area contributed by atoms with Gasteiger partial charge in [0.05, 0.1) is 11.3 Å². The number of hydrogen-bond donors (Lipinski definition) is 3. The lowest BCUT2D eigenvalue weighted by Crippen LogP contribution is -2.44. The normalized spacial score (nSPS) is 19.3. The van der Waals surface area contributed by atoms with Gasteiger partial charge in [-0.25, -0.2) is 19.7 Å². The molecule has 42 heavy (non-hydrogen) atoms. The lowest BCUT2D eigenvalue weighted by Gasteiger charge is -2.31. The van der Waals surface area contributed by atoms with Crippen LogP contribution in [0.1, 0.15) is 38.7 Å². The summed E-state index contributed by atoms with van der Waals surface area (Å²) >= 11 is 0. The highest BCUT2D eigenvalue weighted by Gasteiger charge is 2.50. The van der Waals surface area contributed by atoms with Crippen molar-refractivity contribution in [3.8, 4) is 22.9 Å². The third-order valence-electron chi connectivity index (χ3n) is 8.22. The van der Waals surface area contributed by atoms with Crippen molar-refractivity contribution in [3.05, 3.63) is 66.5 Å². The van der Waals surface area contributed by atoms with Gasteiger partial charge in [0.25, 0.3) is 0 Å². The molecule has 10 nitrogen and oxygen atoms in total. The summed E-state index contributed by atoms with van der Waals surface area (Å²) < 4.78 is 6.51. The van der Waals surface area contributed by atoms with Gasteiger partial charge in [-0.05, 0) is 61.4 Å². The lowest BCUT2D eigenvalue weighted by atomic mass is 10.0. The first-order valence-corrected chi connectivity index (χ1v) is 14.2. The molecule has 216 valence electrons. The standard InChI is InChI=1S/C32H34N6O4/c1-19-11-12-21-22(8-4-10-25(21)36-28(39)24-17-32(24,2)3)27(19)42-29-23(9-5-14-33-29)26-13-15-34-30(37-26)35-20-7-6-16-38(18-20)31(40)41/h4-5,8-15,20,24H,6-7,16-18H2,1-3H3,(H,36,39)(H,40,41)(H,34,35,37)/t20?,24-/m1/s1. The van der Waals surface area contributed by atoms with E-state index < -0.39 is 6.09 Å². The van der Waals surface area contributed by atoms with Gasteiger partial charge >= 0.3 is 6.09 Å². The molecule has 0 bridgehead atoms. The molecule has 4 aromatic rings. The number of ether oxygens (including phenoxy) is 1. The summed E-state index contributed by atoms with van der Waals surface area (Å²) in [7, 11) is 0. The molecular weight excluding hydrogens is 532 g/mol. The average molecular weight is 567 g/mol. The first-order chi connectivity index (χ1) is 20.2. The van der Waals surface area contributed by atoms with Crippen LogP contribution in [-0.2, 0) is 4.79 Å². The number of pyridine rings is 1. The maximum atomic E-state index is 12.9. The highest BCUT2D eigenvalue weighted by Crippen LogP contribution is 2.52. The molecule has 1 aliphatic heterocycles. The summed E-state index contributed by atoms with van der Waals surface area (Å²) in [5, 5.41) is 17.6. The molecule has 3 N–H and O–H groups in total. The molecule has 2 aromatic heterocycles. The Kier molecular flexibility index (Phi) is 7.14. The fraction of sp³-hybridized carbons (Fsp3) is 0.344. The van der Waals surface area contributed by atoms with Crippen LogP contribution in [0, 0.1) is 18.3 Å². The molecule has 0 radical (unpaired) electrons. The Morgan fingerprint density at radius 2 is 1.88 bits per heavy atom. The molecule has 1 saturated carbocycles. The van der Waals surface area contributed by atoms with Crippen LogP contribution in [0.2, 0.25) is 0 Å². The zero-order valence-electron chi connectivity index (χ0n) is 23.9. The van der Waals surface area contributed by atoms with Crippen LogP contribution >= 0.6 is 0 Å². The van der Waals surface area contributed by atoms with Crippen LogP contribution in [0.15, 0.2) is 60.9 Å². The van der Waals surface area contributed by atoms with Crippen LogP contribution < -0.4 is 15.4 Å². The van der Waals surface area contributed by atoms with Crippen molar-refractivity contribution in [1.29, 1.82) is 0 Å². The van der Waals surface area contributed by atoms with E-state index in [0.29, 0.717) is 41.9 Å². The molecule has 2 amide bonds. The van der Waals surface area contributed by atoms with Crippen molar-refractivity contribution < 1.29 is 19.4 Å². The number of likely N-dealkylation sites (tertiary alicyclic amines) is 1. The number of aromatic nitrogens is 3. The van der Waals surface area contributed by atoms with Crippen LogP contribution in [0.25, 0.3) is 22.0 Å². The maximum Gasteiger partial charge on any atom is 0.407 e. The number of piperidine rings is 1. The van der Waals surface area contributed by atoms with Crippen molar-refractivity contribution >= 4 is 34.4 Å².